The zero-order valence-electron chi connectivity index (χ0n) is 28.9. The molecule has 1 heterocycles. The molecule has 0 fully saturated rings. The van der Waals surface area contributed by atoms with Gasteiger partial charge >= 0.3 is 0 Å². The number of aromatic nitrogens is 3. The van der Waals surface area contributed by atoms with Gasteiger partial charge in [0.05, 0.1) is 5.41 Å². The van der Waals surface area contributed by atoms with E-state index in [0.29, 0.717) is 17.5 Å². The first kappa shape index (κ1) is 30.8. The second kappa shape index (κ2) is 12.7. The Labute approximate surface area is 309 Å². The van der Waals surface area contributed by atoms with E-state index in [-0.39, 0.29) is 0 Å². The van der Waals surface area contributed by atoms with Gasteiger partial charge in [0.25, 0.3) is 0 Å². The Hall–Kier alpha value is -6.97. The molecule has 9 aromatic rings. The van der Waals surface area contributed by atoms with E-state index in [0.717, 1.165) is 22.3 Å². The van der Waals surface area contributed by atoms with Crippen LogP contribution in [0.25, 0.3) is 67.2 Å². The van der Waals surface area contributed by atoms with E-state index in [4.69, 9.17) is 15.0 Å². The van der Waals surface area contributed by atoms with Crippen molar-refractivity contribution in [2.45, 2.75) is 5.41 Å². The standard InChI is InChI=1S/C50H33N3/c1-5-16-35(17-6-1)47-51-48(36-18-7-2-8-19-36)53-49(52-47)37-30-28-34(29-31-37)40-25-15-26-43-41(40)32-33-44-42-24-13-14-27-45(42)50(46(43)44,38-20-9-3-10-21-38)39-22-11-4-12-23-39/h1-33H. The van der Waals surface area contributed by atoms with E-state index in [2.05, 4.69) is 140 Å². The van der Waals surface area contributed by atoms with Gasteiger partial charge in [-0.15, -0.1) is 0 Å². The Morgan fingerprint density at radius 2 is 0.736 bits per heavy atom. The second-order valence-electron chi connectivity index (χ2n) is 13.5. The van der Waals surface area contributed by atoms with Crippen molar-refractivity contribution in [2.75, 3.05) is 0 Å². The van der Waals surface area contributed by atoms with E-state index >= 15 is 0 Å². The van der Waals surface area contributed by atoms with E-state index in [1.165, 1.54) is 49.7 Å². The smallest absolute Gasteiger partial charge is 0.164 e. The highest BCUT2D eigenvalue weighted by Gasteiger charge is 2.47. The molecule has 0 atom stereocenters. The van der Waals surface area contributed by atoms with Gasteiger partial charge in [-0.05, 0) is 55.3 Å². The molecule has 0 saturated heterocycles. The van der Waals surface area contributed by atoms with Crippen LogP contribution in [0.4, 0.5) is 0 Å². The number of nitrogens with zero attached hydrogens (tertiary/aromatic N) is 3. The van der Waals surface area contributed by atoms with Crippen molar-refractivity contribution in [3.8, 4) is 56.4 Å². The first-order chi connectivity index (χ1) is 26.3. The fourth-order valence-corrected chi connectivity index (χ4v) is 8.30. The predicted molar refractivity (Wildman–Crippen MR) is 216 cm³/mol. The van der Waals surface area contributed by atoms with Gasteiger partial charge in [-0.25, -0.2) is 15.0 Å². The maximum Gasteiger partial charge on any atom is 0.164 e. The summed E-state index contributed by atoms with van der Waals surface area (Å²) in [5.74, 6) is 1.96. The van der Waals surface area contributed by atoms with Crippen LogP contribution in [-0.4, -0.2) is 15.0 Å². The summed E-state index contributed by atoms with van der Waals surface area (Å²) in [5.41, 5.74) is 12.5. The fourth-order valence-electron chi connectivity index (χ4n) is 8.30. The minimum Gasteiger partial charge on any atom is -0.208 e. The molecule has 0 amide bonds. The maximum atomic E-state index is 4.96. The van der Waals surface area contributed by atoms with E-state index in [1.807, 2.05) is 60.7 Å². The molecule has 248 valence electrons. The Balaban J connectivity index is 1.14. The topological polar surface area (TPSA) is 38.7 Å². The van der Waals surface area contributed by atoms with E-state index in [9.17, 15) is 0 Å². The fraction of sp³-hybridized carbons (Fsp3) is 0.0200. The molecule has 3 nitrogen and oxygen atoms in total. The van der Waals surface area contributed by atoms with Crippen LogP contribution in [0.2, 0.25) is 0 Å². The molecule has 0 saturated carbocycles. The molecule has 1 aromatic heterocycles. The molecule has 0 radical (unpaired) electrons. The molecule has 10 rings (SSSR count). The molecule has 1 aliphatic carbocycles. The predicted octanol–water partition coefficient (Wildman–Crippen LogP) is 12.1. The average molecular weight is 676 g/mol. The summed E-state index contributed by atoms with van der Waals surface area (Å²) in [7, 11) is 0. The molecule has 0 spiro atoms. The van der Waals surface area contributed by atoms with Gasteiger partial charge < -0.3 is 0 Å². The van der Waals surface area contributed by atoms with Crippen molar-refractivity contribution in [2.24, 2.45) is 0 Å². The SMILES string of the molecule is c1ccc(-c2nc(-c3ccccc3)nc(-c3ccc(-c4cccc5c6c(ccc45)-c4ccccc4C6(c4ccccc4)c4ccccc4)cc3)n2)cc1. The molecular weight excluding hydrogens is 643 g/mol. The minimum absolute atomic E-state index is 0.470. The molecular formula is C50H33N3. The Bertz CT molecular complexity index is 2650. The lowest BCUT2D eigenvalue weighted by atomic mass is 9.66. The molecule has 0 aliphatic heterocycles. The molecule has 0 N–H and O–H groups in total. The summed E-state index contributed by atoms with van der Waals surface area (Å²) < 4.78 is 0. The van der Waals surface area contributed by atoms with Gasteiger partial charge in [-0.2, -0.15) is 0 Å². The normalized spacial score (nSPS) is 12.7. The van der Waals surface area contributed by atoms with Crippen LogP contribution >= 0.6 is 0 Å². The number of hydrogen-bond acceptors (Lipinski definition) is 3. The summed E-state index contributed by atoms with van der Waals surface area (Å²) in [6, 6.07) is 71.2. The van der Waals surface area contributed by atoms with Gasteiger partial charge in [-0.3, -0.25) is 0 Å². The quantitative estimate of drug-likeness (QED) is 0.176. The van der Waals surface area contributed by atoms with Crippen molar-refractivity contribution in [1.29, 1.82) is 0 Å². The number of benzene rings is 8. The molecule has 0 unspecified atom stereocenters. The van der Waals surface area contributed by atoms with E-state index in [1.54, 1.807) is 0 Å². The summed E-state index contributed by atoms with van der Waals surface area (Å²) in [5, 5.41) is 2.48. The molecule has 0 bridgehead atoms. The third-order valence-electron chi connectivity index (χ3n) is 10.6. The second-order valence-corrected chi connectivity index (χ2v) is 13.5. The van der Waals surface area contributed by atoms with Crippen LogP contribution in [0, 0.1) is 0 Å². The highest BCUT2D eigenvalue weighted by atomic mass is 15.0. The van der Waals surface area contributed by atoms with Crippen molar-refractivity contribution in [3.63, 3.8) is 0 Å². The zero-order valence-corrected chi connectivity index (χ0v) is 28.9. The highest BCUT2D eigenvalue weighted by Crippen LogP contribution is 2.58. The van der Waals surface area contributed by atoms with Gasteiger partial charge in [0.15, 0.2) is 17.5 Å². The lowest BCUT2D eigenvalue weighted by molar-refractivity contribution is 0.775. The Morgan fingerprint density at radius 1 is 0.283 bits per heavy atom. The first-order valence-electron chi connectivity index (χ1n) is 18.0. The number of fused-ring (bicyclic) bond motifs is 5. The van der Waals surface area contributed by atoms with Crippen LogP contribution in [-0.2, 0) is 5.41 Å². The van der Waals surface area contributed by atoms with Gasteiger partial charge in [0.1, 0.15) is 0 Å². The third kappa shape index (κ3) is 5.01. The van der Waals surface area contributed by atoms with Crippen molar-refractivity contribution in [1.82, 2.24) is 15.0 Å². The molecule has 3 heteroatoms. The average Bonchev–Trinajstić information content (AvgIpc) is 3.56. The van der Waals surface area contributed by atoms with Crippen LogP contribution in [0.15, 0.2) is 200 Å². The maximum absolute atomic E-state index is 4.96. The third-order valence-corrected chi connectivity index (χ3v) is 10.6. The van der Waals surface area contributed by atoms with Gasteiger partial charge in [0, 0.05) is 16.7 Å². The highest BCUT2D eigenvalue weighted by molar-refractivity contribution is 6.05. The summed E-state index contributed by atoms with van der Waals surface area (Å²) in [6.07, 6.45) is 0. The summed E-state index contributed by atoms with van der Waals surface area (Å²) >= 11 is 0. The first-order valence-corrected chi connectivity index (χ1v) is 18.0. The molecule has 53 heavy (non-hydrogen) atoms. The van der Waals surface area contributed by atoms with Crippen LogP contribution in [0.3, 0.4) is 0 Å². The molecule has 1 aliphatic rings. The Kier molecular flexibility index (Phi) is 7.36. The van der Waals surface area contributed by atoms with Gasteiger partial charge in [-0.1, -0.05) is 200 Å². The van der Waals surface area contributed by atoms with Crippen LogP contribution < -0.4 is 0 Å². The van der Waals surface area contributed by atoms with Crippen molar-refractivity contribution >= 4 is 10.8 Å². The minimum atomic E-state index is -0.470. The lowest BCUT2D eigenvalue weighted by Gasteiger charge is -2.34. The zero-order chi connectivity index (χ0) is 35.2. The largest absolute Gasteiger partial charge is 0.208 e. The molecule has 8 aromatic carbocycles. The summed E-state index contributed by atoms with van der Waals surface area (Å²) in [4.78, 5) is 14.8. The van der Waals surface area contributed by atoms with Crippen LogP contribution in [0.5, 0.6) is 0 Å². The van der Waals surface area contributed by atoms with E-state index < -0.39 is 5.41 Å². The van der Waals surface area contributed by atoms with Crippen LogP contribution in [0.1, 0.15) is 22.3 Å². The number of hydrogen-bond donors (Lipinski definition) is 0. The summed E-state index contributed by atoms with van der Waals surface area (Å²) in [6.45, 7) is 0. The monoisotopic (exact) mass is 675 g/mol. The number of rotatable bonds is 6. The Morgan fingerprint density at radius 3 is 1.30 bits per heavy atom. The lowest BCUT2D eigenvalue weighted by Crippen LogP contribution is -2.28. The van der Waals surface area contributed by atoms with Gasteiger partial charge in [0.2, 0.25) is 0 Å². The van der Waals surface area contributed by atoms with Crippen molar-refractivity contribution in [3.05, 3.63) is 222 Å². The van der Waals surface area contributed by atoms with Crippen molar-refractivity contribution < 1.29 is 0 Å².